The molecule has 11 nitrogen and oxygen atoms in total. The van der Waals surface area contributed by atoms with Gasteiger partial charge in [-0.15, -0.1) is 0 Å². The maximum atomic E-state index is 10.3. The first-order valence-electron chi connectivity index (χ1n) is 6.23. The fourth-order valence-corrected chi connectivity index (χ4v) is 1.27. The van der Waals surface area contributed by atoms with Crippen LogP contribution in [0.1, 0.15) is 38.5 Å². The molecular formula is C12H18O11. The predicted molar refractivity (Wildman–Crippen MR) is 70.8 cm³/mol. The third kappa shape index (κ3) is 14.0. The Morgan fingerprint density at radius 1 is 0.609 bits per heavy atom. The van der Waals surface area contributed by atoms with Crippen LogP contribution < -0.4 is 0 Å². The normalized spacial score (nSPS) is 10.1. The van der Waals surface area contributed by atoms with Crippen LogP contribution in [0.5, 0.6) is 0 Å². The number of hydrogen-bond acceptors (Lipinski definition) is 6. The van der Waals surface area contributed by atoms with E-state index < -0.39 is 48.3 Å². The van der Waals surface area contributed by atoms with Gasteiger partial charge < -0.3 is 30.6 Å². The summed E-state index contributed by atoms with van der Waals surface area (Å²) >= 11 is 0. The second kappa shape index (κ2) is 11.0. The lowest BCUT2D eigenvalue weighted by atomic mass is 9.96. The van der Waals surface area contributed by atoms with Crippen molar-refractivity contribution in [2.75, 3.05) is 0 Å². The predicted octanol–water partition coefficient (Wildman–Crippen LogP) is -0.532. The molecule has 0 spiro atoms. The highest BCUT2D eigenvalue weighted by Crippen LogP contribution is 2.15. The molecule has 0 aromatic rings. The lowest BCUT2D eigenvalue weighted by Gasteiger charge is -2.18. The van der Waals surface area contributed by atoms with Crippen LogP contribution in [-0.4, -0.2) is 66.1 Å². The van der Waals surface area contributed by atoms with Gasteiger partial charge in [-0.3, -0.25) is 19.2 Å². The van der Waals surface area contributed by atoms with Crippen LogP contribution in [0, 0.1) is 0 Å². The Kier molecular flexibility index (Phi) is 10.8. The fraction of sp³-hybridized carbons (Fsp3) is 0.583. The SMILES string of the molecule is O=C(O)CC(O)(CC(=O)O)C(=O)O.O=C(O)CCCCC(=O)O. The first-order valence-corrected chi connectivity index (χ1v) is 6.23. The highest BCUT2D eigenvalue weighted by atomic mass is 16.4. The molecule has 0 atom stereocenters. The van der Waals surface area contributed by atoms with Crippen LogP contribution in [-0.2, 0) is 24.0 Å². The molecule has 0 amide bonds. The van der Waals surface area contributed by atoms with Crippen molar-refractivity contribution in [3.8, 4) is 0 Å². The van der Waals surface area contributed by atoms with Gasteiger partial charge in [0.25, 0.3) is 0 Å². The van der Waals surface area contributed by atoms with E-state index in [0.29, 0.717) is 12.8 Å². The van der Waals surface area contributed by atoms with Crippen molar-refractivity contribution >= 4 is 29.8 Å². The van der Waals surface area contributed by atoms with E-state index in [-0.39, 0.29) is 12.8 Å². The number of aliphatic carboxylic acids is 5. The third-order valence-corrected chi connectivity index (χ3v) is 2.32. The maximum Gasteiger partial charge on any atom is 0.336 e. The van der Waals surface area contributed by atoms with E-state index in [4.69, 9.17) is 30.6 Å². The van der Waals surface area contributed by atoms with E-state index in [2.05, 4.69) is 0 Å². The van der Waals surface area contributed by atoms with Gasteiger partial charge in [0.2, 0.25) is 0 Å². The summed E-state index contributed by atoms with van der Waals surface area (Å²) in [6.45, 7) is 0. The monoisotopic (exact) mass is 338 g/mol. The Labute approximate surface area is 129 Å². The molecule has 23 heavy (non-hydrogen) atoms. The van der Waals surface area contributed by atoms with Gasteiger partial charge >= 0.3 is 29.8 Å². The molecule has 0 bridgehead atoms. The minimum absolute atomic E-state index is 0.0628. The fourth-order valence-electron chi connectivity index (χ4n) is 1.27. The van der Waals surface area contributed by atoms with Gasteiger partial charge in [0.15, 0.2) is 5.60 Å². The van der Waals surface area contributed by atoms with Crippen molar-refractivity contribution in [1.82, 2.24) is 0 Å². The van der Waals surface area contributed by atoms with E-state index in [1.165, 1.54) is 0 Å². The number of rotatable bonds is 10. The molecule has 0 fully saturated rings. The number of unbranched alkanes of at least 4 members (excludes halogenated alkanes) is 1. The summed E-state index contributed by atoms with van der Waals surface area (Å²) in [4.78, 5) is 50.3. The van der Waals surface area contributed by atoms with Gasteiger partial charge in [0.1, 0.15) is 0 Å². The molecular weight excluding hydrogens is 320 g/mol. The molecule has 0 heterocycles. The van der Waals surface area contributed by atoms with Crippen LogP contribution in [0.3, 0.4) is 0 Å². The Morgan fingerprint density at radius 2 is 0.913 bits per heavy atom. The molecule has 0 aliphatic heterocycles. The second-order valence-corrected chi connectivity index (χ2v) is 4.47. The Morgan fingerprint density at radius 3 is 1.09 bits per heavy atom. The van der Waals surface area contributed by atoms with Crippen molar-refractivity contribution in [2.24, 2.45) is 0 Å². The zero-order chi connectivity index (χ0) is 18.6. The zero-order valence-electron chi connectivity index (χ0n) is 12.0. The summed E-state index contributed by atoms with van der Waals surface area (Å²) in [7, 11) is 0. The first kappa shape index (κ1) is 22.6. The molecule has 11 heteroatoms. The van der Waals surface area contributed by atoms with Gasteiger partial charge in [-0.05, 0) is 12.8 Å². The average Bonchev–Trinajstić information content (AvgIpc) is 2.32. The summed E-state index contributed by atoms with van der Waals surface area (Å²) in [6.07, 6.45) is -1.27. The number of hydrogen-bond donors (Lipinski definition) is 6. The van der Waals surface area contributed by atoms with Gasteiger partial charge in [0, 0.05) is 12.8 Å². The van der Waals surface area contributed by atoms with E-state index >= 15 is 0 Å². The number of aliphatic hydroxyl groups is 1. The van der Waals surface area contributed by atoms with Crippen LogP contribution in [0.4, 0.5) is 0 Å². The molecule has 0 rings (SSSR count). The Bertz CT molecular complexity index is 422. The second-order valence-electron chi connectivity index (χ2n) is 4.47. The molecule has 0 aliphatic carbocycles. The quantitative estimate of drug-likeness (QED) is 0.279. The van der Waals surface area contributed by atoms with Crippen LogP contribution >= 0.6 is 0 Å². The number of carboxylic acid groups (broad SMARTS) is 5. The van der Waals surface area contributed by atoms with E-state index in [1.807, 2.05) is 0 Å². The van der Waals surface area contributed by atoms with Gasteiger partial charge in [-0.2, -0.15) is 0 Å². The first-order chi connectivity index (χ1) is 10.4. The Balaban J connectivity index is 0. The average molecular weight is 338 g/mol. The topological polar surface area (TPSA) is 207 Å². The maximum absolute atomic E-state index is 10.3. The summed E-state index contributed by atoms with van der Waals surface area (Å²) in [6, 6.07) is 0. The molecule has 0 aliphatic rings. The van der Waals surface area contributed by atoms with Crippen molar-refractivity contribution in [3.63, 3.8) is 0 Å². The molecule has 0 unspecified atom stereocenters. The van der Waals surface area contributed by atoms with Crippen LogP contribution in [0.25, 0.3) is 0 Å². The van der Waals surface area contributed by atoms with Crippen molar-refractivity contribution in [1.29, 1.82) is 0 Å². The van der Waals surface area contributed by atoms with Gasteiger partial charge in [0.05, 0.1) is 12.8 Å². The van der Waals surface area contributed by atoms with Crippen molar-refractivity contribution < 1.29 is 54.6 Å². The molecule has 0 aromatic carbocycles. The summed E-state index contributed by atoms with van der Waals surface area (Å²) in [5, 5.41) is 50.1. The lowest BCUT2D eigenvalue weighted by molar-refractivity contribution is -0.170. The van der Waals surface area contributed by atoms with E-state index in [0.717, 1.165) is 0 Å². The smallest absolute Gasteiger partial charge is 0.336 e. The molecule has 0 radical (unpaired) electrons. The number of carboxylic acids is 5. The van der Waals surface area contributed by atoms with Gasteiger partial charge in [-0.25, -0.2) is 4.79 Å². The highest BCUT2D eigenvalue weighted by molar-refractivity contribution is 5.88. The molecule has 0 aromatic heterocycles. The molecule has 0 saturated carbocycles. The van der Waals surface area contributed by atoms with Gasteiger partial charge in [-0.1, -0.05) is 0 Å². The van der Waals surface area contributed by atoms with Crippen LogP contribution in [0.15, 0.2) is 0 Å². The third-order valence-electron chi connectivity index (χ3n) is 2.32. The minimum Gasteiger partial charge on any atom is -0.481 e. The summed E-state index contributed by atoms with van der Waals surface area (Å²) in [5.74, 6) is -6.76. The van der Waals surface area contributed by atoms with E-state index in [9.17, 15) is 24.0 Å². The largest absolute Gasteiger partial charge is 0.481 e. The highest BCUT2D eigenvalue weighted by Gasteiger charge is 2.40. The summed E-state index contributed by atoms with van der Waals surface area (Å²) < 4.78 is 0. The molecule has 6 N–H and O–H groups in total. The van der Waals surface area contributed by atoms with Crippen LogP contribution in [0.2, 0.25) is 0 Å². The molecule has 132 valence electrons. The summed E-state index contributed by atoms with van der Waals surface area (Å²) in [5.41, 5.74) is -2.74. The minimum atomic E-state index is -2.74. The zero-order valence-corrected chi connectivity index (χ0v) is 12.0. The standard InChI is InChI=1S/C6H8O7.C6H10O4/c7-3(8)1-6(13,5(11)12)2-4(9)10;7-5(8)3-1-2-4-6(9)10/h13H,1-2H2,(H,7,8)(H,9,10)(H,11,12);1-4H2,(H,7,8)(H,9,10). The lowest BCUT2D eigenvalue weighted by Crippen LogP contribution is -2.42. The van der Waals surface area contributed by atoms with Crippen molar-refractivity contribution in [3.05, 3.63) is 0 Å². The Hall–Kier alpha value is -2.69. The molecule has 0 saturated heterocycles. The van der Waals surface area contributed by atoms with Crippen molar-refractivity contribution in [2.45, 2.75) is 44.1 Å². The van der Waals surface area contributed by atoms with E-state index in [1.54, 1.807) is 0 Å². The number of carbonyl (C=O) groups is 5.